The first-order valence-corrected chi connectivity index (χ1v) is 10.0. The third kappa shape index (κ3) is 2.65. The summed E-state index contributed by atoms with van der Waals surface area (Å²) >= 11 is 3.28. The van der Waals surface area contributed by atoms with Crippen molar-refractivity contribution >= 4 is 21.8 Å². The molecule has 0 spiro atoms. The van der Waals surface area contributed by atoms with Crippen molar-refractivity contribution < 1.29 is 14.3 Å². The molecule has 3 aliphatic heterocycles. The standard InChI is InChI=1S/C19H20BrFN4O2/c20-14-5-13-12(6-15(14)21)9-3-10(4-9)25-16(8-24-2-1-11(26)7-24)17(18(22)27)23-19(13)25/h5-6,9-11,26H,1-4,7-8H2,(H2,22,27). The second-order valence-corrected chi connectivity index (χ2v) is 8.67. The van der Waals surface area contributed by atoms with E-state index in [9.17, 15) is 14.3 Å². The summed E-state index contributed by atoms with van der Waals surface area (Å²) in [5.74, 6) is 0.176. The molecule has 6 nitrogen and oxygen atoms in total. The van der Waals surface area contributed by atoms with Gasteiger partial charge < -0.3 is 15.4 Å². The molecule has 4 heterocycles. The Labute approximate surface area is 164 Å². The molecule has 4 aliphatic rings. The number of primary amides is 1. The quantitative estimate of drug-likeness (QED) is 0.777. The number of benzene rings is 1. The second-order valence-electron chi connectivity index (χ2n) is 7.82. The Morgan fingerprint density at radius 2 is 2.19 bits per heavy atom. The van der Waals surface area contributed by atoms with Crippen LogP contribution in [0.2, 0.25) is 0 Å². The van der Waals surface area contributed by atoms with Gasteiger partial charge in [-0.25, -0.2) is 9.37 Å². The van der Waals surface area contributed by atoms with E-state index in [0.29, 0.717) is 29.3 Å². The summed E-state index contributed by atoms with van der Waals surface area (Å²) in [7, 11) is 0. The number of rotatable bonds is 3. The average molecular weight is 435 g/mol. The van der Waals surface area contributed by atoms with Crippen LogP contribution in [0, 0.1) is 5.82 Å². The summed E-state index contributed by atoms with van der Waals surface area (Å²) in [6.45, 7) is 1.89. The third-order valence-corrected chi connectivity index (χ3v) is 6.72. The highest BCUT2D eigenvalue weighted by molar-refractivity contribution is 9.10. The van der Waals surface area contributed by atoms with Crippen molar-refractivity contribution in [3.05, 3.63) is 39.4 Å². The van der Waals surface area contributed by atoms with E-state index in [0.717, 1.165) is 42.6 Å². The first-order chi connectivity index (χ1) is 12.9. The number of β-amino-alcohol motifs (C(OH)–C–C–N with tert-alkyl or cyclic N) is 1. The van der Waals surface area contributed by atoms with Crippen LogP contribution in [-0.4, -0.2) is 44.7 Å². The molecule has 0 radical (unpaired) electrons. The van der Waals surface area contributed by atoms with Crippen molar-refractivity contribution in [3.63, 3.8) is 0 Å². The molecule has 1 aromatic heterocycles. The number of nitrogens with zero attached hydrogens (tertiary/aromatic N) is 3. The highest BCUT2D eigenvalue weighted by atomic mass is 79.9. The number of hydrogen-bond acceptors (Lipinski definition) is 4. The molecular formula is C19H20BrFN4O2. The smallest absolute Gasteiger partial charge is 0.269 e. The number of nitrogens with two attached hydrogens (primary N) is 1. The number of likely N-dealkylation sites (tertiary alicyclic amines) is 1. The van der Waals surface area contributed by atoms with Gasteiger partial charge in [-0.2, -0.15) is 0 Å². The van der Waals surface area contributed by atoms with Gasteiger partial charge in [0.2, 0.25) is 0 Å². The summed E-state index contributed by atoms with van der Waals surface area (Å²) < 4.78 is 16.7. The van der Waals surface area contributed by atoms with Crippen molar-refractivity contribution in [3.8, 4) is 11.4 Å². The summed E-state index contributed by atoms with van der Waals surface area (Å²) in [6.07, 6.45) is 2.21. The van der Waals surface area contributed by atoms with Gasteiger partial charge in [0.15, 0.2) is 5.69 Å². The van der Waals surface area contributed by atoms with E-state index in [1.165, 1.54) is 0 Å². The molecule has 1 unspecified atom stereocenters. The number of imidazole rings is 1. The lowest BCUT2D eigenvalue weighted by Crippen LogP contribution is -2.29. The first-order valence-electron chi connectivity index (χ1n) is 9.23. The van der Waals surface area contributed by atoms with Crippen molar-refractivity contribution in [2.75, 3.05) is 13.1 Å². The lowest BCUT2D eigenvalue weighted by atomic mass is 9.75. The van der Waals surface area contributed by atoms with Crippen LogP contribution in [-0.2, 0) is 6.54 Å². The van der Waals surface area contributed by atoms with Crippen LogP contribution in [0.4, 0.5) is 4.39 Å². The molecule has 2 aromatic rings. The van der Waals surface area contributed by atoms with Crippen molar-refractivity contribution in [1.29, 1.82) is 0 Å². The number of aliphatic hydroxyl groups is 1. The molecule has 27 heavy (non-hydrogen) atoms. The lowest BCUT2D eigenvalue weighted by Gasteiger charge is -2.36. The minimum Gasteiger partial charge on any atom is -0.392 e. The van der Waals surface area contributed by atoms with E-state index in [4.69, 9.17) is 5.73 Å². The van der Waals surface area contributed by atoms with Gasteiger partial charge in [0, 0.05) is 31.2 Å². The monoisotopic (exact) mass is 434 g/mol. The molecule has 1 aliphatic carbocycles. The van der Waals surface area contributed by atoms with Gasteiger partial charge >= 0.3 is 0 Å². The Morgan fingerprint density at radius 1 is 1.41 bits per heavy atom. The molecule has 8 heteroatoms. The predicted molar refractivity (Wildman–Crippen MR) is 101 cm³/mol. The zero-order valence-electron chi connectivity index (χ0n) is 14.7. The van der Waals surface area contributed by atoms with Crippen LogP contribution in [0.1, 0.15) is 53.0 Å². The average Bonchev–Trinajstić information content (AvgIpc) is 3.08. The van der Waals surface area contributed by atoms with Crippen LogP contribution in [0.25, 0.3) is 11.4 Å². The lowest BCUT2D eigenvalue weighted by molar-refractivity contribution is 0.0993. The number of aliphatic hydroxyl groups excluding tert-OH is 1. The van der Waals surface area contributed by atoms with Crippen molar-refractivity contribution in [2.45, 2.75) is 43.9 Å². The SMILES string of the molecule is NC(=O)c1nc2n(c1CN1CCC(O)C1)C1CC(C1)c1cc(F)c(Br)cc1-2. The van der Waals surface area contributed by atoms with E-state index in [2.05, 4.69) is 30.4 Å². The molecule has 1 amide bonds. The molecule has 1 atom stereocenters. The van der Waals surface area contributed by atoms with Gasteiger partial charge in [-0.05, 0) is 58.8 Å². The molecule has 3 N–H and O–H groups in total. The molecular weight excluding hydrogens is 415 g/mol. The Kier molecular flexibility index (Phi) is 3.93. The largest absolute Gasteiger partial charge is 0.392 e. The van der Waals surface area contributed by atoms with Crippen LogP contribution < -0.4 is 5.73 Å². The maximum Gasteiger partial charge on any atom is 0.269 e. The normalized spacial score (nSPS) is 26.3. The fourth-order valence-electron chi connectivity index (χ4n) is 4.71. The third-order valence-electron chi connectivity index (χ3n) is 6.12. The first kappa shape index (κ1) is 17.3. The van der Waals surface area contributed by atoms with E-state index in [1.54, 1.807) is 12.1 Å². The molecule has 142 valence electrons. The number of carbonyl (C=O) groups excluding carboxylic acids is 1. The Morgan fingerprint density at radius 3 is 2.85 bits per heavy atom. The van der Waals surface area contributed by atoms with E-state index in [-0.39, 0.29) is 23.7 Å². The highest BCUT2D eigenvalue weighted by Crippen LogP contribution is 2.53. The zero-order chi connectivity index (χ0) is 18.9. The Bertz CT molecular complexity index is 954. The van der Waals surface area contributed by atoms with E-state index >= 15 is 0 Å². The number of hydrogen-bond donors (Lipinski definition) is 2. The fraction of sp³-hybridized carbons (Fsp3) is 0.474. The fourth-order valence-corrected chi connectivity index (χ4v) is 5.06. The van der Waals surface area contributed by atoms with Crippen LogP contribution in [0.15, 0.2) is 16.6 Å². The van der Waals surface area contributed by atoms with Gasteiger partial charge in [0.05, 0.1) is 16.3 Å². The maximum atomic E-state index is 14.1. The summed E-state index contributed by atoms with van der Waals surface area (Å²) in [5, 5.41) is 9.84. The van der Waals surface area contributed by atoms with E-state index < -0.39 is 5.91 Å². The number of halogens is 2. The molecule has 2 bridgehead atoms. The van der Waals surface area contributed by atoms with Gasteiger partial charge in [-0.1, -0.05) is 0 Å². The molecule has 1 saturated carbocycles. The Balaban J connectivity index is 1.67. The minimum absolute atomic E-state index is 0.238. The number of carbonyl (C=O) groups is 1. The maximum absolute atomic E-state index is 14.1. The van der Waals surface area contributed by atoms with Crippen molar-refractivity contribution in [2.24, 2.45) is 5.73 Å². The van der Waals surface area contributed by atoms with Gasteiger partial charge in [0.1, 0.15) is 11.6 Å². The van der Waals surface area contributed by atoms with Crippen LogP contribution >= 0.6 is 15.9 Å². The van der Waals surface area contributed by atoms with Crippen molar-refractivity contribution in [1.82, 2.24) is 14.5 Å². The minimum atomic E-state index is -0.552. The molecule has 6 rings (SSSR count). The second kappa shape index (κ2) is 6.12. The molecule has 1 saturated heterocycles. The Hall–Kier alpha value is -1.77. The van der Waals surface area contributed by atoms with Crippen LogP contribution in [0.5, 0.6) is 0 Å². The molecule has 1 aromatic carbocycles. The summed E-state index contributed by atoms with van der Waals surface area (Å²) in [4.78, 5) is 18.9. The van der Waals surface area contributed by atoms with E-state index in [1.807, 2.05) is 0 Å². The van der Waals surface area contributed by atoms with Gasteiger partial charge in [-0.3, -0.25) is 9.69 Å². The summed E-state index contributed by atoms with van der Waals surface area (Å²) in [5.41, 5.74) is 8.55. The number of aromatic nitrogens is 2. The van der Waals surface area contributed by atoms with Crippen LogP contribution in [0.3, 0.4) is 0 Å². The number of amides is 1. The zero-order valence-corrected chi connectivity index (χ0v) is 16.2. The van der Waals surface area contributed by atoms with Gasteiger partial charge in [-0.15, -0.1) is 0 Å². The molecule has 2 fully saturated rings. The van der Waals surface area contributed by atoms with Gasteiger partial charge in [0.25, 0.3) is 5.91 Å². The summed E-state index contributed by atoms with van der Waals surface area (Å²) in [6, 6.07) is 3.59. The predicted octanol–water partition coefficient (Wildman–Crippen LogP) is 2.55. The highest BCUT2D eigenvalue weighted by Gasteiger charge is 2.42. The topological polar surface area (TPSA) is 84.4 Å².